The number of hydrogen-bond acceptors (Lipinski definition) is 0. The average Bonchev–Trinajstić information content (AvgIpc) is 3.15. The van der Waals surface area contributed by atoms with E-state index in [-0.39, 0.29) is 23.1 Å². The molecule has 3 rings (SSSR count). The molecule has 0 aromatic carbocycles. The van der Waals surface area contributed by atoms with Gasteiger partial charge in [0, 0.05) is 7.92 Å². The van der Waals surface area contributed by atoms with Gasteiger partial charge in [0.1, 0.15) is 0 Å². The molecule has 0 nitrogen and oxygen atoms in total. The minimum atomic E-state index is -0.346. The molecule has 0 amide bonds. The Kier molecular flexibility index (Phi) is 8.60. The first kappa shape index (κ1) is 17.0. The Morgan fingerprint density at radius 3 is 1.00 bits per heavy atom. The van der Waals surface area contributed by atoms with Crippen molar-refractivity contribution in [2.45, 2.75) is 94.0 Å². The fourth-order valence-electron chi connectivity index (χ4n) is 4.78. The Bertz CT molecular complexity index is 196. The first-order chi connectivity index (χ1) is 9.36. The van der Waals surface area contributed by atoms with Gasteiger partial charge < -0.3 is 0 Å². The summed E-state index contributed by atoms with van der Waals surface area (Å²) in [5.74, 6) is 0. The molecule has 114 valence electrons. The van der Waals surface area contributed by atoms with Crippen LogP contribution in [0.15, 0.2) is 0 Å². The third-order valence-corrected chi connectivity index (χ3v) is 10.0. The summed E-state index contributed by atoms with van der Waals surface area (Å²) in [4.78, 5) is 0. The second kappa shape index (κ2) is 9.61. The quantitative estimate of drug-likeness (QED) is 0.372. The van der Waals surface area contributed by atoms with Gasteiger partial charge in [0.15, 0.2) is 0 Å². The Labute approximate surface area is 136 Å². The minimum absolute atomic E-state index is 0.0224. The summed E-state index contributed by atoms with van der Waals surface area (Å²) in [5, 5.41) is 0. The van der Waals surface area contributed by atoms with Crippen LogP contribution in [0, 0.1) is 0 Å². The van der Waals surface area contributed by atoms with Crippen molar-refractivity contribution in [2.75, 3.05) is 0 Å². The molecular weight excluding hydrogens is 383 g/mol. The van der Waals surface area contributed by atoms with Crippen LogP contribution in [0.4, 0.5) is 0 Å². The summed E-state index contributed by atoms with van der Waals surface area (Å²) >= 11 is -0.346. The first-order valence-electron chi connectivity index (χ1n) is 8.08. The van der Waals surface area contributed by atoms with Crippen molar-refractivity contribution >= 4 is 27.3 Å². The maximum atomic E-state index is 4.85. The summed E-state index contributed by atoms with van der Waals surface area (Å²) in [7, 11) is 9.73. The average molecular weight is 411 g/mol. The summed E-state index contributed by atoms with van der Waals surface area (Å²) in [6.07, 6.45) is 19.2. The van der Waals surface area contributed by atoms with Crippen molar-refractivity contribution < 1.29 is 15.1 Å². The van der Waals surface area contributed by atoms with E-state index in [4.69, 9.17) is 19.4 Å². The standard InChI is InChI=1S/C15H27P.2ClH.Ru/c1-2-8-13(7-1)16(14-9-3-4-10-14)15-11-5-6-12-15;;;/h13-15H,1-12H2;2*1H;/q;;;+2/p-1. The fraction of sp³-hybridized carbons (Fsp3) is 1.00. The SMILES string of the molecule is C1CCC([PH+](C2CCCC2)C2CCCC2)C1.[Cl][Ru][Cl]. The van der Waals surface area contributed by atoms with Crippen LogP contribution in [0.25, 0.3) is 0 Å². The Morgan fingerprint density at radius 1 is 0.579 bits per heavy atom. The molecule has 19 heavy (non-hydrogen) atoms. The van der Waals surface area contributed by atoms with Gasteiger partial charge in [-0.05, 0) is 77.0 Å². The number of halogens is 2. The molecule has 0 saturated heterocycles. The zero-order chi connectivity index (χ0) is 13.5. The van der Waals surface area contributed by atoms with Crippen molar-refractivity contribution in [1.29, 1.82) is 0 Å². The van der Waals surface area contributed by atoms with Crippen molar-refractivity contribution in [1.82, 2.24) is 0 Å². The molecule has 0 unspecified atom stereocenters. The van der Waals surface area contributed by atoms with Crippen molar-refractivity contribution in [3.63, 3.8) is 0 Å². The summed E-state index contributed by atoms with van der Waals surface area (Å²) in [6.45, 7) is 0. The van der Waals surface area contributed by atoms with Gasteiger partial charge in [0.2, 0.25) is 0 Å². The third kappa shape index (κ3) is 5.09. The molecule has 3 aliphatic carbocycles. The predicted molar refractivity (Wildman–Crippen MR) is 86.8 cm³/mol. The van der Waals surface area contributed by atoms with Gasteiger partial charge in [-0.1, -0.05) is 0 Å². The molecular formula is C15H28Cl2PRu+. The van der Waals surface area contributed by atoms with Gasteiger partial charge in [-0.2, -0.15) is 0 Å². The Hall–Kier alpha value is 1.63. The van der Waals surface area contributed by atoms with Crippen LogP contribution in [0.3, 0.4) is 0 Å². The van der Waals surface area contributed by atoms with Gasteiger partial charge in [0.25, 0.3) is 0 Å². The molecule has 0 aromatic heterocycles. The molecule has 3 aliphatic rings. The zero-order valence-corrected chi connectivity index (χ0v) is 16.1. The normalized spacial score (nSPS) is 26.3. The third-order valence-electron chi connectivity index (χ3n) is 5.48. The number of hydrogen-bond donors (Lipinski definition) is 0. The van der Waals surface area contributed by atoms with Crippen LogP contribution in [0.5, 0.6) is 0 Å². The van der Waals surface area contributed by atoms with Crippen LogP contribution in [0.2, 0.25) is 0 Å². The topological polar surface area (TPSA) is 0 Å². The van der Waals surface area contributed by atoms with E-state index < -0.39 is 0 Å². The molecule has 0 aliphatic heterocycles. The maximum absolute atomic E-state index is 4.85. The number of rotatable bonds is 3. The Balaban J connectivity index is 0.000000408. The molecule has 4 heteroatoms. The summed E-state index contributed by atoms with van der Waals surface area (Å²) < 4.78 is 0. The predicted octanol–water partition coefficient (Wildman–Crippen LogP) is 6.40. The van der Waals surface area contributed by atoms with E-state index in [0.29, 0.717) is 0 Å². The van der Waals surface area contributed by atoms with Gasteiger partial charge in [0.05, 0.1) is 17.0 Å². The van der Waals surface area contributed by atoms with E-state index in [2.05, 4.69) is 0 Å². The van der Waals surface area contributed by atoms with E-state index in [0.717, 1.165) is 0 Å². The van der Waals surface area contributed by atoms with Gasteiger partial charge in [-0.3, -0.25) is 0 Å². The van der Waals surface area contributed by atoms with Crippen LogP contribution >= 0.6 is 27.3 Å². The molecule has 0 atom stereocenters. The second-order valence-corrected chi connectivity index (χ2v) is 12.6. The van der Waals surface area contributed by atoms with Crippen molar-refractivity contribution in [3.05, 3.63) is 0 Å². The monoisotopic (exact) mass is 411 g/mol. The summed E-state index contributed by atoms with van der Waals surface area (Å²) in [6, 6.07) is 0. The molecule has 0 N–H and O–H groups in total. The van der Waals surface area contributed by atoms with E-state index in [1.807, 2.05) is 0 Å². The van der Waals surface area contributed by atoms with E-state index in [1.165, 1.54) is 17.0 Å². The van der Waals surface area contributed by atoms with Crippen LogP contribution in [0.1, 0.15) is 77.0 Å². The van der Waals surface area contributed by atoms with Crippen LogP contribution in [-0.2, 0) is 15.1 Å². The second-order valence-electron chi connectivity index (χ2n) is 6.49. The van der Waals surface area contributed by atoms with Gasteiger partial charge in [-0.15, -0.1) is 0 Å². The summed E-state index contributed by atoms with van der Waals surface area (Å²) in [5.41, 5.74) is 3.74. The van der Waals surface area contributed by atoms with Gasteiger partial charge >= 0.3 is 34.5 Å². The first-order valence-corrected chi connectivity index (χ1v) is 14.3. The van der Waals surface area contributed by atoms with E-state index >= 15 is 0 Å². The molecule has 0 bridgehead atoms. The van der Waals surface area contributed by atoms with Gasteiger partial charge in [-0.25, -0.2) is 0 Å². The molecule has 3 saturated carbocycles. The zero-order valence-electron chi connectivity index (χ0n) is 11.8. The Morgan fingerprint density at radius 2 is 0.789 bits per heavy atom. The van der Waals surface area contributed by atoms with E-state index in [1.54, 1.807) is 77.0 Å². The van der Waals surface area contributed by atoms with Crippen molar-refractivity contribution in [3.8, 4) is 0 Å². The fourth-order valence-corrected chi connectivity index (χ4v) is 10.0. The molecule has 0 spiro atoms. The van der Waals surface area contributed by atoms with Crippen LogP contribution < -0.4 is 0 Å². The molecule has 0 aromatic rings. The molecule has 3 fully saturated rings. The van der Waals surface area contributed by atoms with Crippen molar-refractivity contribution in [2.24, 2.45) is 0 Å². The molecule has 0 heterocycles. The van der Waals surface area contributed by atoms with E-state index in [9.17, 15) is 0 Å². The van der Waals surface area contributed by atoms with Crippen LogP contribution in [-0.4, -0.2) is 17.0 Å². The molecule has 0 radical (unpaired) electrons.